The Labute approximate surface area is 232 Å². The minimum absolute atomic E-state index is 0.300. The maximum Gasteiger partial charge on any atom is 0.345 e. The van der Waals surface area contributed by atoms with E-state index in [9.17, 15) is 14.9 Å². The zero-order chi connectivity index (χ0) is 27.1. The predicted molar refractivity (Wildman–Crippen MR) is 153 cm³/mol. The molecule has 0 unspecified atom stereocenters. The van der Waals surface area contributed by atoms with Crippen molar-refractivity contribution in [3.05, 3.63) is 85.6 Å². The summed E-state index contributed by atoms with van der Waals surface area (Å²) in [6, 6.07) is 16.1. The van der Waals surface area contributed by atoms with Crippen LogP contribution >= 0.6 is 27.3 Å². The van der Waals surface area contributed by atoms with Gasteiger partial charge in [0.05, 0.1) is 16.8 Å². The lowest BCUT2D eigenvalue weighted by Crippen LogP contribution is -2.27. The fraction of sp³-hybridized carbons (Fsp3) is 0.214. The summed E-state index contributed by atoms with van der Waals surface area (Å²) in [7, 11) is 0. The number of esters is 1. The molecule has 0 atom stereocenters. The van der Waals surface area contributed by atoms with Crippen molar-refractivity contribution in [1.82, 2.24) is 9.88 Å². The van der Waals surface area contributed by atoms with Crippen LogP contribution in [0.25, 0.3) is 27.8 Å². The quantitative estimate of drug-likeness (QED) is 0.132. The number of fused-ring (bicyclic) bond motifs is 1. The van der Waals surface area contributed by atoms with Crippen molar-refractivity contribution in [1.29, 1.82) is 5.26 Å². The number of nitrogens with one attached hydrogen (secondary N) is 1. The van der Waals surface area contributed by atoms with Crippen LogP contribution in [0, 0.1) is 11.3 Å². The Balaban J connectivity index is 1.43. The van der Waals surface area contributed by atoms with Gasteiger partial charge in [-0.15, -0.1) is 11.3 Å². The molecule has 10 heteroatoms. The van der Waals surface area contributed by atoms with Crippen LogP contribution in [0.3, 0.4) is 0 Å². The van der Waals surface area contributed by atoms with E-state index in [1.54, 1.807) is 54.0 Å². The largest absolute Gasteiger partial charge is 0.461 e. The number of benzene rings is 2. The Bertz CT molecular complexity index is 1570. The van der Waals surface area contributed by atoms with Gasteiger partial charge in [0, 0.05) is 33.7 Å². The van der Waals surface area contributed by atoms with E-state index in [1.807, 2.05) is 6.07 Å². The molecule has 8 nitrogen and oxygen atoms in total. The van der Waals surface area contributed by atoms with Gasteiger partial charge in [0.1, 0.15) is 28.8 Å². The topological polar surface area (TPSA) is 108 Å². The molecular formula is C28H25BrN4O4S. The number of nitriles is 1. The lowest BCUT2D eigenvalue weighted by Gasteiger charge is -2.17. The third kappa shape index (κ3) is 6.55. The standard InChI is InChI=1S/C28H25BrN4O4S/c1-3-33(4-2)11-12-36-27(34)18-5-8-22(9-6-18)31-16-20(15-30)26-32-24(17-38-26)23-14-19-13-21(29)7-10-25(19)37-28(23)35/h5-10,13-14,16-17,31H,3-4,11-12H2,1-2H3/b20-16-. The summed E-state index contributed by atoms with van der Waals surface area (Å²) in [5.41, 5.74) is 2.19. The first-order valence-electron chi connectivity index (χ1n) is 12.0. The Morgan fingerprint density at radius 3 is 2.68 bits per heavy atom. The molecular weight excluding hydrogens is 568 g/mol. The molecule has 2 heterocycles. The molecule has 0 radical (unpaired) electrons. The maximum absolute atomic E-state index is 12.5. The summed E-state index contributed by atoms with van der Waals surface area (Å²) < 4.78 is 11.7. The minimum atomic E-state index is -0.496. The number of thiazole rings is 1. The van der Waals surface area contributed by atoms with Gasteiger partial charge in [-0.2, -0.15) is 5.26 Å². The molecule has 0 saturated carbocycles. The number of likely N-dealkylation sites (N-methyl/N-ethyl adjacent to an activating group) is 1. The SMILES string of the molecule is CCN(CC)CCOC(=O)c1ccc(N/C=C(/C#N)c2nc(-c3cc4cc(Br)ccc4oc3=O)cs2)cc1. The molecule has 0 fully saturated rings. The highest BCUT2D eigenvalue weighted by atomic mass is 79.9. The number of hydrogen-bond donors (Lipinski definition) is 1. The number of hydrogen-bond acceptors (Lipinski definition) is 9. The number of allylic oxidation sites excluding steroid dienone is 1. The molecule has 4 rings (SSSR count). The fourth-order valence-corrected chi connectivity index (χ4v) is 4.85. The summed E-state index contributed by atoms with van der Waals surface area (Å²) >= 11 is 4.67. The monoisotopic (exact) mass is 592 g/mol. The van der Waals surface area contributed by atoms with Crippen LogP contribution in [-0.2, 0) is 4.74 Å². The molecule has 0 aliphatic rings. The summed E-state index contributed by atoms with van der Waals surface area (Å²) in [4.78, 5) is 31.5. The van der Waals surface area contributed by atoms with E-state index in [-0.39, 0.29) is 5.97 Å². The van der Waals surface area contributed by atoms with E-state index in [0.29, 0.717) is 51.8 Å². The lowest BCUT2D eigenvalue weighted by molar-refractivity contribution is 0.0466. The number of ether oxygens (including phenoxy) is 1. The molecule has 0 amide bonds. The van der Waals surface area contributed by atoms with Crippen LogP contribution < -0.4 is 10.9 Å². The maximum atomic E-state index is 12.5. The van der Waals surface area contributed by atoms with Crippen LogP contribution in [0.2, 0.25) is 0 Å². The number of anilines is 1. The smallest absolute Gasteiger partial charge is 0.345 e. The third-order valence-electron chi connectivity index (χ3n) is 5.86. The van der Waals surface area contributed by atoms with Gasteiger partial charge in [-0.1, -0.05) is 29.8 Å². The second kappa shape index (κ2) is 12.6. The minimum Gasteiger partial charge on any atom is -0.461 e. The van der Waals surface area contributed by atoms with Gasteiger partial charge in [-0.3, -0.25) is 0 Å². The Morgan fingerprint density at radius 2 is 1.97 bits per heavy atom. The van der Waals surface area contributed by atoms with Gasteiger partial charge < -0.3 is 19.4 Å². The molecule has 2 aromatic carbocycles. The van der Waals surface area contributed by atoms with Gasteiger partial charge in [0.15, 0.2) is 0 Å². The van der Waals surface area contributed by atoms with Crippen molar-refractivity contribution in [3.63, 3.8) is 0 Å². The van der Waals surface area contributed by atoms with Gasteiger partial charge in [-0.05, 0) is 61.6 Å². The van der Waals surface area contributed by atoms with Gasteiger partial charge in [-0.25, -0.2) is 14.6 Å². The van der Waals surface area contributed by atoms with Gasteiger partial charge in [0.25, 0.3) is 0 Å². The zero-order valence-corrected chi connectivity index (χ0v) is 23.3. The molecule has 194 valence electrons. The van der Waals surface area contributed by atoms with E-state index in [4.69, 9.17) is 9.15 Å². The van der Waals surface area contributed by atoms with Crippen LogP contribution in [0.5, 0.6) is 0 Å². The van der Waals surface area contributed by atoms with Crippen molar-refractivity contribution in [2.75, 3.05) is 31.6 Å². The number of halogens is 1. The summed E-state index contributed by atoms with van der Waals surface area (Å²) in [5, 5.41) is 15.7. The highest BCUT2D eigenvalue weighted by molar-refractivity contribution is 9.10. The average Bonchev–Trinajstić information content (AvgIpc) is 3.41. The average molecular weight is 594 g/mol. The molecule has 0 aliphatic carbocycles. The van der Waals surface area contributed by atoms with Crippen LogP contribution in [0.15, 0.2) is 73.8 Å². The molecule has 1 N–H and O–H groups in total. The van der Waals surface area contributed by atoms with Crippen molar-refractivity contribution in [2.45, 2.75) is 13.8 Å². The highest BCUT2D eigenvalue weighted by Gasteiger charge is 2.14. The number of rotatable bonds is 10. The van der Waals surface area contributed by atoms with E-state index < -0.39 is 5.63 Å². The first-order valence-corrected chi connectivity index (χ1v) is 13.6. The van der Waals surface area contributed by atoms with Gasteiger partial charge in [0.2, 0.25) is 0 Å². The summed E-state index contributed by atoms with van der Waals surface area (Å²) in [6.07, 6.45) is 1.54. The third-order valence-corrected chi connectivity index (χ3v) is 7.23. The first kappa shape index (κ1) is 27.3. The van der Waals surface area contributed by atoms with E-state index >= 15 is 0 Å². The molecule has 2 aromatic heterocycles. The second-order valence-electron chi connectivity index (χ2n) is 8.22. The normalized spacial score (nSPS) is 11.5. The van der Waals surface area contributed by atoms with Crippen LogP contribution in [0.1, 0.15) is 29.2 Å². The van der Waals surface area contributed by atoms with E-state index in [0.717, 1.165) is 22.9 Å². The van der Waals surface area contributed by atoms with Crippen LogP contribution in [-0.4, -0.2) is 42.1 Å². The molecule has 0 spiro atoms. The Morgan fingerprint density at radius 1 is 1.21 bits per heavy atom. The molecule has 38 heavy (non-hydrogen) atoms. The Kier molecular flexibility index (Phi) is 9.07. The molecule has 0 aliphatic heterocycles. The second-order valence-corrected chi connectivity index (χ2v) is 10.00. The zero-order valence-electron chi connectivity index (χ0n) is 20.9. The Hall–Kier alpha value is -3.78. The summed E-state index contributed by atoms with van der Waals surface area (Å²) in [5.74, 6) is -0.377. The molecule has 4 aromatic rings. The van der Waals surface area contributed by atoms with Gasteiger partial charge >= 0.3 is 11.6 Å². The lowest BCUT2D eigenvalue weighted by atomic mass is 10.1. The van der Waals surface area contributed by atoms with Crippen molar-refractivity contribution >= 4 is 55.5 Å². The number of aromatic nitrogens is 1. The number of carbonyl (C=O) groups is 1. The highest BCUT2D eigenvalue weighted by Crippen LogP contribution is 2.27. The van der Waals surface area contributed by atoms with E-state index in [2.05, 4.69) is 51.0 Å². The van der Waals surface area contributed by atoms with Crippen molar-refractivity contribution in [3.8, 4) is 17.3 Å². The number of carbonyl (C=O) groups excluding carboxylic acids is 1. The van der Waals surface area contributed by atoms with Crippen molar-refractivity contribution in [2.24, 2.45) is 0 Å². The fourth-order valence-electron chi connectivity index (χ4n) is 3.68. The molecule has 0 saturated heterocycles. The van der Waals surface area contributed by atoms with E-state index in [1.165, 1.54) is 11.3 Å². The first-order chi connectivity index (χ1) is 18.4. The summed E-state index contributed by atoms with van der Waals surface area (Å²) in [6.45, 7) is 6.99. The van der Waals surface area contributed by atoms with Crippen LogP contribution in [0.4, 0.5) is 5.69 Å². The number of nitrogens with zero attached hydrogens (tertiary/aromatic N) is 3. The van der Waals surface area contributed by atoms with Crippen molar-refractivity contribution < 1.29 is 13.9 Å². The predicted octanol–water partition coefficient (Wildman–Crippen LogP) is 6.15. The molecule has 0 bridgehead atoms.